The Hall–Kier alpha value is -3.86. The lowest BCUT2D eigenvalue weighted by Gasteiger charge is -2.29. The van der Waals surface area contributed by atoms with Gasteiger partial charge >= 0.3 is 0 Å². The van der Waals surface area contributed by atoms with Crippen LogP contribution in [-0.4, -0.2) is 62.7 Å². The van der Waals surface area contributed by atoms with Crippen molar-refractivity contribution in [3.63, 3.8) is 0 Å². The molecule has 11 heteroatoms. The fourth-order valence-electron chi connectivity index (χ4n) is 5.52. The molecule has 2 atom stereocenters. The quantitative estimate of drug-likeness (QED) is 0.592. The summed E-state index contributed by atoms with van der Waals surface area (Å²) in [5.74, 6) is -1.18. The van der Waals surface area contributed by atoms with Crippen LogP contribution in [0.1, 0.15) is 56.0 Å². The molecule has 186 valence electrons. The summed E-state index contributed by atoms with van der Waals surface area (Å²) in [6.45, 7) is 1.73. The van der Waals surface area contributed by atoms with Crippen molar-refractivity contribution in [1.29, 1.82) is 0 Å². The van der Waals surface area contributed by atoms with E-state index in [2.05, 4.69) is 32.9 Å². The molecule has 2 fully saturated rings. The van der Waals surface area contributed by atoms with Crippen LogP contribution in [0.4, 0.5) is 0 Å². The fraction of sp³-hybridized carbons (Fsp3) is 0.440. The Kier molecular flexibility index (Phi) is 5.63. The molecule has 4 aliphatic heterocycles. The minimum atomic E-state index is -0.980. The molecule has 0 aliphatic carbocycles. The number of carbonyl (C=O) groups excluding carboxylic acids is 4. The van der Waals surface area contributed by atoms with Crippen molar-refractivity contribution in [2.45, 2.75) is 57.2 Å². The Morgan fingerprint density at radius 1 is 1.06 bits per heavy atom. The normalized spacial score (nSPS) is 24.6. The molecule has 11 nitrogen and oxygen atoms in total. The Bertz CT molecular complexity index is 1290. The number of nitrogens with one attached hydrogen (secondary N) is 2. The smallest absolute Gasteiger partial charge is 0.278 e. The molecule has 1 aromatic heterocycles. The molecule has 36 heavy (non-hydrogen) atoms. The second-order valence-electron chi connectivity index (χ2n) is 9.59. The molecule has 5 heterocycles. The lowest BCUT2D eigenvalue weighted by molar-refractivity contribution is -0.150. The van der Waals surface area contributed by atoms with Crippen molar-refractivity contribution in [3.8, 4) is 11.4 Å². The van der Waals surface area contributed by atoms with Gasteiger partial charge < -0.3 is 14.7 Å². The van der Waals surface area contributed by atoms with Crippen LogP contribution in [-0.2, 0) is 25.7 Å². The van der Waals surface area contributed by atoms with Gasteiger partial charge in [-0.05, 0) is 50.3 Å². The molecular weight excluding hydrogens is 464 g/mol. The van der Waals surface area contributed by atoms with Crippen molar-refractivity contribution in [2.75, 3.05) is 13.1 Å². The van der Waals surface area contributed by atoms with Crippen molar-refractivity contribution < 1.29 is 23.7 Å². The molecule has 4 amide bonds. The molecular formula is C25H26N6O5. The first-order chi connectivity index (χ1) is 17.5. The number of hydrogen-bond acceptors (Lipinski definition) is 9. The minimum absolute atomic E-state index is 0.0879. The van der Waals surface area contributed by atoms with Crippen molar-refractivity contribution in [2.24, 2.45) is 0 Å². The maximum Gasteiger partial charge on any atom is 0.278 e. The van der Waals surface area contributed by atoms with Gasteiger partial charge in [-0.2, -0.15) is 4.98 Å². The largest absolute Gasteiger partial charge is 0.357 e. The maximum absolute atomic E-state index is 13.3. The molecule has 0 radical (unpaired) electrons. The summed E-state index contributed by atoms with van der Waals surface area (Å²) in [5.41, 5.74) is 2.72. The third kappa shape index (κ3) is 3.89. The highest BCUT2D eigenvalue weighted by atomic mass is 16.5. The monoisotopic (exact) mass is 490 g/mol. The molecule has 6 rings (SSSR count). The average Bonchev–Trinajstić information content (AvgIpc) is 3.62. The first kappa shape index (κ1) is 22.6. The van der Waals surface area contributed by atoms with Gasteiger partial charge in [0.1, 0.15) is 11.7 Å². The number of imide groups is 2. The SMILES string of the molecule is O=C1CCC(N2C(=O)C3=C(C2=O)N(Cc2nc(-c4cccc(C5CCCN5)c4)no2)CCC3)C(=O)N1. The highest BCUT2D eigenvalue weighted by Crippen LogP contribution is 2.35. The van der Waals surface area contributed by atoms with E-state index in [1.165, 1.54) is 5.56 Å². The zero-order valence-electron chi connectivity index (χ0n) is 19.7. The first-order valence-corrected chi connectivity index (χ1v) is 12.4. The summed E-state index contributed by atoms with van der Waals surface area (Å²) < 4.78 is 5.52. The van der Waals surface area contributed by atoms with Crippen molar-refractivity contribution >= 4 is 23.6 Å². The third-order valence-electron chi connectivity index (χ3n) is 7.28. The number of benzene rings is 1. The number of hydrogen-bond donors (Lipinski definition) is 2. The van der Waals surface area contributed by atoms with Crippen LogP contribution in [0.25, 0.3) is 11.4 Å². The number of piperidine rings is 1. The molecule has 4 aliphatic rings. The highest BCUT2D eigenvalue weighted by molar-refractivity contribution is 6.21. The van der Waals surface area contributed by atoms with Crippen LogP contribution in [0.5, 0.6) is 0 Å². The summed E-state index contributed by atoms with van der Waals surface area (Å²) in [6, 6.07) is 7.42. The van der Waals surface area contributed by atoms with Crippen LogP contribution in [0.15, 0.2) is 40.1 Å². The van der Waals surface area contributed by atoms with Gasteiger partial charge in [0, 0.05) is 30.1 Å². The first-order valence-electron chi connectivity index (χ1n) is 12.4. The molecule has 0 saturated carbocycles. The highest BCUT2D eigenvalue weighted by Gasteiger charge is 2.48. The van der Waals surface area contributed by atoms with Crippen LogP contribution < -0.4 is 10.6 Å². The van der Waals surface area contributed by atoms with E-state index in [0.29, 0.717) is 42.7 Å². The summed E-state index contributed by atoms with van der Waals surface area (Å²) >= 11 is 0. The Morgan fingerprint density at radius 2 is 1.94 bits per heavy atom. The van der Waals surface area contributed by atoms with E-state index in [4.69, 9.17) is 4.52 Å². The van der Waals surface area contributed by atoms with Gasteiger partial charge in [-0.15, -0.1) is 0 Å². The topological polar surface area (TPSA) is 138 Å². The number of aromatic nitrogens is 2. The number of nitrogens with zero attached hydrogens (tertiary/aromatic N) is 4. The van der Waals surface area contributed by atoms with Crippen LogP contribution >= 0.6 is 0 Å². The van der Waals surface area contributed by atoms with Crippen LogP contribution in [0, 0.1) is 0 Å². The standard InChI is InChI=1S/C25H26N6O5/c32-19-9-8-18(23(33)27-19)31-24(34)16-6-3-11-30(21(16)25(31)35)13-20-28-22(29-36-20)15-5-1-4-14(12-15)17-7-2-10-26-17/h1,4-5,12,17-18,26H,2-3,6-11,13H2,(H,27,32,33). The van der Waals surface area contributed by atoms with Crippen LogP contribution in [0.3, 0.4) is 0 Å². The summed E-state index contributed by atoms with van der Waals surface area (Å²) in [4.78, 5) is 57.7. The summed E-state index contributed by atoms with van der Waals surface area (Å²) in [7, 11) is 0. The predicted molar refractivity (Wildman–Crippen MR) is 124 cm³/mol. The molecule has 2 N–H and O–H groups in total. The molecule has 2 saturated heterocycles. The molecule has 0 spiro atoms. The van der Waals surface area contributed by atoms with E-state index in [1.807, 2.05) is 12.1 Å². The molecule has 2 unspecified atom stereocenters. The van der Waals surface area contributed by atoms with E-state index >= 15 is 0 Å². The Morgan fingerprint density at radius 3 is 2.75 bits per heavy atom. The average molecular weight is 491 g/mol. The number of amides is 4. The molecule has 1 aromatic carbocycles. The second-order valence-corrected chi connectivity index (χ2v) is 9.59. The molecule has 2 aromatic rings. The minimum Gasteiger partial charge on any atom is -0.357 e. The third-order valence-corrected chi connectivity index (χ3v) is 7.28. The predicted octanol–water partition coefficient (Wildman–Crippen LogP) is 1.18. The van der Waals surface area contributed by atoms with Gasteiger partial charge in [0.05, 0.1) is 6.54 Å². The maximum atomic E-state index is 13.3. The van der Waals surface area contributed by atoms with E-state index in [-0.39, 0.29) is 25.1 Å². The lowest BCUT2D eigenvalue weighted by atomic mass is 10.0. The molecule has 0 bridgehead atoms. The van der Waals surface area contributed by atoms with E-state index in [1.54, 1.807) is 4.90 Å². The van der Waals surface area contributed by atoms with E-state index < -0.39 is 29.7 Å². The Labute approximate surface area is 206 Å². The fourth-order valence-corrected chi connectivity index (χ4v) is 5.52. The number of carbonyl (C=O) groups is 4. The van der Waals surface area contributed by atoms with Gasteiger partial charge in [-0.1, -0.05) is 23.4 Å². The van der Waals surface area contributed by atoms with Crippen molar-refractivity contribution in [1.82, 2.24) is 30.6 Å². The zero-order chi connectivity index (χ0) is 24.8. The van der Waals surface area contributed by atoms with Gasteiger partial charge in [0.2, 0.25) is 23.5 Å². The van der Waals surface area contributed by atoms with Gasteiger partial charge in [0.15, 0.2) is 0 Å². The van der Waals surface area contributed by atoms with E-state index in [0.717, 1.165) is 29.8 Å². The van der Waals surface area contributed by atoms with Gasteiger partial charge in [-0.3, -0.25) is 29.4 Å². The van der Waals surface area contributed by atoms with Gasteiger partial charge in [-0.25, -0.2) is 0 Å². The van der Waals surface area contributed by atoms with Crippen molar-refractivity contribution in [3.05, 3.63) is 47.0 Å². The summed E-state index contributed by atoms with van der Waals surface area (Å²) in [5, 5.41) is 9.87. The lowest BCUT2D eigenvalue weighted by Crippen LogP contribution is -2.55. The summed E-state index contributed by atoms with van der Waals surface area (Å²) in [6.07, 6.45) is 3.60. The second kappa shape index (κ2) is 8.98. The van der Waals surface area contributed by atoms with Gasteiger partial charge in [0.25, 0.3) is 11.8 Å². The zero-order valence-corrected chi connectivity index (χ0v) is 19.7. The van der Waals surface area contributed by atoms with Crippen LogP contribution in [0.2, 0.25) is 0 Å². The number of rotatable bonds is 5. The Balaban J connectivity index is 1.21. The van der Waals surface area contributed by atoms with E-state index in [9.17, 15) is 19.2 Å².